The highest BCUT2D eigenvalue weighted by molar-refractivity contribution is 5.77. The fourth-order valence-corrected chi connectivity index (χ4v) is 3.14. The molecular formula is C21H31N3O2. The van der Waals surface area contributed by atoms with Gasteiger partial charge in [-0.1, -0.05) is 56.3 Å². The molecule has 0 saturated carbocycles. The van der Waals surface area contributed by atoms with Crippen molar-refractivity contribution < 1.29 is 9.32 Å². The fourth-order valence-electron chi connectivity index (χ4n) is 3.14. The van der Waals surface area contributed by atoms with E-state index in [4.69, 9.17) is 4.52 Å². The van der Waals surface area contributed by atoms with Gasteiger partial charge in [0.25, 0.3) is 0 Å². The summed E-state index contributed by atoms with van der Waals surface area (Å²) in [6.07, 6.45) is 0.499. The van der Waals surface area contributed by atoms with Crippen molar-refractivity contribution >= 4 is 11.8 Å². The van der Waals surface area contributed by atoms with E-state index in [0.717, 1.165) is 42.3 Å². The molecule has 0 N–H and O–H groups in total. The lowest BCUT2D eigenvalue weighted by Gasteiger charge is -2.26. The van der Waals surface area contributed by atoms with Crippen LogP contribution in [0.5, 0.6) is 0 Å². The molecule has 0 radical (unpaired) electrons. The van der Waals surface area contributed by atoms with Gasteiger partial charge in [0.1, 0.15) is 5.69 Å². The third-order valence-corrected chi connectivity index (χ3v) is 4.45. The summed E-state index contributed by atoms with van der Waals surface area (Å²) in [5.74, 6) is 1.33. The molecule has 5 heteroatoms. The van der Waals surface area contributed by atoms with Crippen LogP contribution in [-0.4, -0.2) is 35.6 Å². The van der Waals surface area contributed by atoms with Crippen LogP contribution < -0.4 is 4.90 Å². The highest BCUT2D eigenvalue weighted by Crippen LogP contribution is 2.32. The largest absolute Gasteiger partial charge is 0.341 e. The number of benzene rings is 1. The second-order valence-electron chi connectivity index (χ2n) is 6.87. The Morgan fingerprint density at radius 1 is 1.12 bits per heavy atom. The number of nitrogens with zero attached hydrogens (tertiary/aromatic N) is 3. The van der Waals surface area contributed by atoms with E-state index in [1.54, 1.807) is 0 Å². The predicted octanol–water partition coefficient (Wildman–Crippen LogP) is 4.58. The van der Waals surface area contributed by atoms with Gasteiger partial charge in [-0.3, -0.25) is 4.79 Å². The van der Waals surface area contributed by atoms with E-state index in [2.05, 4.69) is 37.8 Å². The quantitative estimate of drug-likeness (QED) is 0.659. The third kappa shape index (κ3) is 4.65. The molecule has 0 fully saturated rings. The minimum atomic E-state index is 0.157. The number of carbonyl (C=O) groups excluding carboxylic acids is 1. The van der Waals surface area contributed by atoms with Gasteiger partial charge in [0.05, 0.1) is 12.1 Å². The third-order valence-electron chi connectivity index (χ3n) is 4.45. The molecule has 0 unspecified atom stereocenters. The Balaban J connectivity index is 2.48. The van der Waals surface area contributed by atoms with Gasteiger partial charge in [-0.05, 0) is 19.8 Å². The lowest BCUT2D eigenvalue weighted by molar-refractivity contribution is -0.132. The first-order valence-corrected chi connectivity index (χ1v) is 9.58. The van der Waals surface area contributed by atoms with Crippen LogP contribution in [0.1, 0.15) is 46.6 Å². The van der Waals surface area contributed by atoms with Crippen LogP contribution in [0.3, 0.4) is 0 Å². The van der Waals surface area contributed by atoms with E-state index in [1.807, 2.05) is 42.2 Å². The van der Waals surface area contributed by atoms with E-state index in [0.29, 0.717) is 18.9 Å². The first kappa shape index (κ1) is 20.0. The van der Waals surface area contributed by atoms with Crippen molar-refractivity contribution in [3.05, 3.63) is 35.9 Å². The summed E-state index contributed by atoms with van der Waals surface area (Å²) in [4.78, 5) is 16.6. The van der Waals surface area contributed by atoms with Crippen molar-refractivity contribution in [3.8, 4) is 11.3 Å². The van der Waals surface area contributed by atoms with E-state index in [9.17, 15) is 4.79 Å². The Morgan fingerprint density at radius 3 is 2.31 bits per heavy atom. The van der Waals surface area contributed by atoms with Gasteiger partial charge in [0.2, 0.25) is 11.8 Å². The maximum atomic E-state index is 12.5. The van der Waals surface area contributed by atoms with Crippen molar-refractivity contribution in [3.63, 3.8) is 0 Å². The van der Waals surface area contributed by atoms with Gasteiger partial charge >= 0.3 is 0 Å². The van der Waals surface area contributed by atoms with Crippen molar-refractivity contribution in [2.24, 2.45) is 5.92 Å². The Morgan fingerprint density at radius 2 is 1.77 bits per heavy atom. The highest BCUT2D eigenvalue weighted by Gasteiger charge is 2.25. The van der Waals surface area contributed by atoms with Crippen molar-refractivity contribution in [2.75, 3.05) is 24.5 Å². The number of anilines is 1. The minimum absolute atomic E-state index is 0.157. The second kappa shape index (κ2) is 9.41. The Hall–Kier alpha value is -2.30. The zero-order chi connectivity index (χ0) is 19.1. The molecule has 0 aliphatic carbocycles. The fraction of sp³-hybridized carbons (Fsp3) is 0.524. The summed E-state index contributed by atoms with van der Waals surface area (Å²) in [5, 5.41) is 4.37. The molecule has 0 aliphatic heterocycles. The molecule has 1 amide bonds. The van der Waals surface area contributed by atoms with Crippen LogP contribution in [0.25, 0.3) is 11.3 Å². The summed E-state index contributed by atoms with van der Waals surface area (Å²) >= 11 is 0. The average molecular weight is 357 g/mol. The Labute approximate surface area is 157 Å². The SMILES string of the molecule is CCC(=O)N(Cc1c(-c2ccccc2)noc1N(CC)CC)CC(C)C. The summed E-state index contributed by atoms with van der Waals surface area (Å²) in [5.41, 5.74) is 2.82. The molecule has 142 valence electrons. The minimum Gasteiger partial charge on any atom is -0.341 e. The highest BCUT2D eigenvalue weighted by atomic mass is 16.5. The van der Waals surface area contributed by atoms with E-state index < -0.39 is 0 Å². The molecule has 5 nitrogen and oxygen atoms in total. The van der Waals surface area contributed by atoms with Gasteiger partial charge in [-0.15, -0.1) is 0 Å². The number of carbonyl (C=O) groups is 1. The smallest absolute Gasteiger partial charge is 0.232 e. The molecule has 0 saturated heterocycles. The van der Waals surface area contributed by atoms with Crippen LogP contribution in [0.15, 0.2) is 34.9 Å². The van der Waals surface area contributed by atoms with E-state index >= 15 is 0 Å². The van der Waals surface area contributed by atoms with Gasteiger partial charge in [0, 0.05) is 31.6 Å². The van der Waals surface area contributed by atoms with Gasteiger partial charge in [-0.25, -0.2) is 0 Å². The first-order chi connectivity index (χ1) is 12.5. The number of rotatable bonds is 9. The summed E-state index contributed by atoms with van der Waals surface area (Å²) in [6.45, 7) is 13.3. The first-order valence-electron chi connectivity index (χ1n) is 9.58. The zero-order valence-electron chi connectivity index (χ0n) is 16.7. The van der Waals surface area contributed by atoms with Crippen molar-refractivity contribution in [2.45, 2.75) is 47.6 Å². The number of hydrogen-bond donors (Lipinski definition) is 0. The molecular weight excluding hydrogens is 326 g/mol. The van der Waals surface area contributed by atoms with Crippen LogP contribution in [0, 0.1) is 5.92 Å². The molecule has 0 atom stereocenters. The molecule has 26 heavy (non-hydrogen) atoms. The summed E-state index contributed by atoms with van der Waals surface area (Å²) in [7, 11) is 0. The molecule has 1 heterocycles. The second-order valence-corrected chi connectivity index (χ2v) is 6.87. The lowest BCUT2D eigenvalue weighted by Crippen LogP contribution is -2.34. The number of aromatic nitrogens is 1. The van der Waals surface area contributed by atoms with Crippen LogP contribution >= 0.6 is 0 Å². The topological polar surface area (TPSA) is 49.6 Å². The van der Waals surface area contributed by atoms with Gasteiger partial charge in [0.15, 0.2) is 0 Å². The maximum absolute atomic E-state index is 12.5. The van der Waals surface area contributed by atoms with Gasteiger partial charge < -0.3 is 14.3 Å². The van der Waals surface area contributed by atoms with Crippen LogP contribution in [-0.2, 0) is 11.3 Å². The van der Waals surface area contributed by atoms with E-state index in [1.165, 1.54) is 0 Å². The summed E-state index contributed by atoms with van der Waals surface area (Å²) in [6, 6.07) is 10.0. The lowest BCUT2D eigenvalue weighted by atomic mass is 10.1. The molecule has 2 aromatic rings. The maximum Gasteiger partial charge on any atom is 0.232 e. The standard InChI is InChI=1S/C21H31N3O2/c1-6-19(25)24(14-16(4)5)15-18-20(17-12-10-9-11-13-17)22-26-21(18)23(7-2)8-3/h9-13,16H,6-8,14-15H2,1-5H3. The molecule has 0 aliphatic rings. The van der Waals surface area contributed by atoms with Gasteiger partial charge in [-0.2, -0.15) is 0 Å². The predicted molar refractivity (Wildman–Crippen MR) is 106 cm³/mol. The molecule has 2 rings (SSSR count). The normalized spacial score (nSPS) is 11.0. The molecule has 0 bridgehead atoms. The number of hydrogen-bond acceptors (Lipinski definition) is 4. The average Bonchev–Trinajstić information content (AvgIpc) is 3.05. The van der Waals surface area contributed by atoms with Crippen LogP contribution in [0.2, 0.25) is 0 Å². The summed E-state index contributed by atoms with van der Waals surface area (Å²) < 4.78 is 5.75. The monoisotopic (exact) mass is 357 g/mol. The van der Waals surface area contributed by atoms with Crippen molar-refractivity contribution in [1.82, 2.24) is 10.1 Å². The Kier molecular flexibility index (Phi) is 7.25. The van der Waals surface area contributed by atoms with Crippen LogP contribution in [0.4, 0.5) is 5.88 Å². The molecule has 1 aromatic carbocycles. The van der Waals surface area contributed by atoms with E-state index in [-0.39, 0.29) is 5.91 Å². The number of amides is 1. The Bertz CT molecular complexity index is 691. The molecule has 1 aromatic heterocycles. The van der Waals surface area contributed by atoms with Crippen molar-refractivity contribution in [1.29, 1.82) is 0 Å². The molecule has 0 spiro atoms. The zero-order valence-corrected chi connectivity index (χ0v) is 16.7.